The Bertz CT molecular complexity index is 866. The normalized spacial score (nSPS) is 11.2. The van der Waals surface area contributed by atoms with Crippen molar-refractivity contribution in [3.8, 4) is 0 Å². The number of fused-ring (bicyclic) bond motifs is 1. The Kier molecular flexibility index (Phi) is 3.63. The van der Waals surface area contributed by atoms with Crippen LogP contribution in [0.4, 0.5) is 0 Å². The van der Waals surface area contributed by atoms with Gasteiger partial charge in [0, 0.05) is 12.4 Å². The number of nitrogens with zero attached hydrogens (tertiary/aromatic N) is 4. The van der Waals surface area contributed by atoms with Crippen LogP contribution >= 0.6 is 15.9 Å². The molecule has 21 heavy (non-hydrogen) atoms. The van der Waals surface area contributed by atoms with Gasteiger partial charge in [-0.15, -0.1) is 0 Å². The Hall–Kier alpha value is -1.95. The van der Waals surface area contributed by atoms with Gasteiger partial charge in [0.1, 0.15) is 0 Å². The summed E-state index contributed by atoms with van der Waals surface area (Å²) in [6, 6.07) is 7.51. The van der Waals surface area contributed by atoms with Gasteiger partial charge in [0.15, 0.2) is 0 Å². The minimum absolute atomic E-state index is 0.0554. The van der Waals surface area contributed by atoms with Crippen LogP contribution in [0, 0.1) is 0 Å². The molecule has 2 aromatic heterocycles. The van der Waals surface area contributed by atoms with E-state index >= 15 is 0 Å². The van der Waals surface area contributed by atoms with Gasteiger partial charge in [-0.1, -0.05) is 19.1 Å². The van der Waals surface area contributed by atoms with Gasteiger partial charge in [0.25, 0.3) is 0 Å². The molecule has 0 amide bonds. The predicted molar refractivity (Wildman–Crippen MR) is 85.4 cm³/mol. The van der Waals surface area contributed by atoms with Gasteiger partial charge < -0.3 is 0 Å². The highest BCUT2D eigenvalue weighted by atomic mass is 79.9. The second-order valence-corrected chi connectivity index (χ2v) is 5.66. The summed E-state index contributed by atoms with van der Waals surface area (Å²) < 4.78 is 4.70. The van der Waals surface area contributed by atoms with Crippen LogP contribution in [-0.4, -0.2) is 19.6 Å². The molecule has 108 valence electrons. The smallest absolute Gasteiger partial charge is 0.207 e. The van der Waals surface area contributed by atoms with Crippen LogP contribution in [0.15, 0.2) is 39.7 Å². The molecule has 0 saturated carbocycles. The van der Waals surface area contributed by atoms with E-state index < -0.39 is 0 Å². The summed E-state index contributed by atoms with van der Waals surface area (Å²) in [6.07, 6.45) is 2.24. The zero-order valence-corrected chi connectivity index (χ0v) is 13.5. The summed E-state index contributed by atoms with van der Waals surface area (Å²) in [5.41, 5.74) is 2.84. The van der Waals surface area contributed by atoms with Crippen LogP contribution in [0.2, 0.25) is 0 Å². The lowest BCUT2D eigenvalue weighted by Gasteiger charge is -2.09. The Balaban J connectivity index is 2.13. The fraction of sp³-hybridized carbons (Fsp3) is 0.267. The maximum absolute atomic E-state index is 11.9. The third-order valence-corrected chi connectivity index (χ3v) is 4.48. The lowest BCUT2D eigenvalue weighted by atomic mass is 10.2. The Labute approximate surface area is 130 Å². The zero-order valence-electron chi connectivity index (χ0n) is 11.9. The van der Waals surface area contributed by atoms with Crippen LogP contribution in [0.1, 0.15) is 18.3 Å². The molecule has 0 fully saturated rings. The van der Waals surface area contributed by atoms with E-state index in [4.69, 9.17) is 0 Å². The zero-order chi connectivity index (χ0) is 15.0. The first-order valence-corrected chi connectivity index (χ1v) is 7.56. The molecule has 0 atom stereocenters. The molecule has 0 N–H and O–H groups in total. The quantitative estimate of drug-likeness (QED) is 0.732. The van der Waals surface area contributed by atoms with E-state index in [0.717, 1.165) is 27.8 Å². The number of aromatic nitrogens is 4. The van der Waals surface area contributed by atoms with Gasteiger partial charge >= 0.3 is 0 Å². The molecule has 3 rings (SSSR count). The van der Waals surface area contributed by atoms with Crippen molar-refractivity contribution in [2.45, 2.75) is 19.9 Å². The highest BCUT2D eigenvalue weighted by Crippen LogP contribution is 2.23. The summed E-state index contributed by atoms with van der Waals surface area (Å²) in [5, 5.41) is 9.43. The minimum atomic E-state index is -0.0554. The lowest BCUT2D eigenvalue weighted by Crippen LogP contribution is -2.14. The summed E-state index contributed by atoms with van der Waals surface area (Å²) in [7, 11) is 1.92. The van der Waals surface area contributed by atoms with Crippen LogP contribution in [0.25, 0.3) is 10.9 Å². The standard InChI is InChI=1S/C15H15BrN4O/c1-3-11-15(16)13(19(2)18-11)9-20-12-7-5-4-6-10(12)14(21)8-17-20/h4-8H,3,9H2,1-2H3. The molecule has 0 aliphatic carbocycles. The summed E-state index contributed by atoms with van der Waals surface area (Å²) >= 11 is 3.61. The maximum atomic E-state index is 11.9. The van der Waals surface area contributed by atoms with Gasteiger partial charge in [-0.3, -0.25) is 14.2 Å². The minimum Gasteiger partial charge on any atom is -0.287 e. The molecule has 3 aromatic rings. The average molecular weight is 347 g/mol. The monoisotopic (exact) mass is 346 g/mol. The van der Waals surface area contributed by atoms with Crippen LogP contribution < -0.4 is 5.43 Å². The van der Waals surface area contributed by atoms with E-state index in [2.05, 4.69) is 33.1 Å². The van der Waals surface area contributed by atoms with Crippen molar-refractivity contribution in [1.82, 2.24) is 19.6 Å². The van der Waals surface area contributed by atoms with Crippen LogP contribution in [-0.2, 0) is 20.0 Å². The number of hydrogen-bond acceptors (Lipinski definition) is 3. The summed E-state index contributed by atoms with van der Waals surface area (Å²) in [4.78, 5) is 11.9. The summed E-state index contributed by atoms with van der Waals surface area (Å²) in [5.74, 6) is 0. The van der Waals surface area contributed by atoms with E-state index in [-0.39, 0.29) is 5.43 Å². The maximum Gasteiger partial charge on any atom is 0.207 e. The second-order valence-electron chi connectivity index (χ2n) is 4.87. The van der Waals surface area contributed by atoms with Crippen molar-refractivity contribution in [2.75, 3.05) is 0 Å². The molecule has 0 unspecified atom stereocenters. The molecule has 0 radical (unpaired) electrons. The van der Waals surface area contributed by atoms with Crippen molar-refractivity contribution in [2.24, 2.45) is 7.05 Å². The SMILES string of the molecule is CCc1nn(C)c(Cn2ncc(=O)c3ccccc32)c1Br. The van der Waals surface area contributed by atoms with Crippen LogP contribution in [0.5, 0.6) is 0 Å². The van der Waals surface area contributed by atoms with Gasteiger partial charge in [0.2, 0.25) is 5.43 Å². The van der Waals surface area contributed by atoms with E-state index in [1.54, 1.807) is 0 Å². The summed E-state index contributed by atoms with van der Waals surface area (Å²) in [6.45, 7) is 2.63. The van der Waals surface area contributed by atoms with Gasteiger partial charge in [0.05, 0.1) is 34.1 Å². The molecular weight excluding hydrogens is 332 g/mol. The fourth-order valence-corrected chi connectivity index (χ4v) is 3.16. The second kappa shape index (κ2) is 5.44. The third kappa shape index (κ3) is 2.40. The highest BCUT2D eigenvalue weighted by molar-refractivity contribution is 9.10. The molecule has 0 bridgehead atoms. The lowest BCUT2D eigenvalue weighted by molar-refractivity contribution is 0.622. The Morgan fingerprint density at radius 1 is 1.29 bits per heavy atom. The molecule has 0 aliphatic rings. The molecule has 5 nitrogen and oxygen atoms in total. The van der Waals surface area contributed by atoms with E-state index in [1.807, 2.05) is 40.7 Å². The number of para-hydroxylation sites is 1. The fourth-order valence-electron chi connectivity index (χ4n) is 2.42. The van der Waals surface area contributed by atoms with Gasteiger partial charge in [-0.2, -0.15) is 10.2 Å². The van der Waals surface area contributed by atoms with Crippen molar-refractivity contribution in [3.63, 3.8) is 0 Å². The highest BCUT2D eigenvalue weighted by Gasteiger charge is 2.14. The first kappa shape index (κ1) is 14.0. The largest absolute Gasteiger partial charge is 0.287 e. The third-order valence-electron chi connectivity index (χ3n) is 3.56. The van der Waals surface area contributed by atoms with E-state index in [0.29, 0.717) is 11.9 Å². The van der Waals surface area contributed by atoms with Crippen molar-refractivity contribution < 1.29 is 0 Å². The van der Waals surface area contributed by atoms with Crippen LogP contribution in [0.3, 0.4) is 0 Å². The molecular formula is C15H15BrN4O. The first-order chi connectivity index (χ1) is 10.1. The van der Waals surface area contributed by atoms with Gasteiger partial charge in [-0.25, -0.2) is 0 Å². The number of hydrogen-bond donors (Lipinski definition) is 0. The van der Waals surface area contributed by atoms with Crippen molar-refractivity contribution in [3.05, 3.63) is 56.5 Å². The molecule has 0 saturated heterocycles. The molecule has 1 aromatic carbocycles. The molecule has 2 heterocycles. The number of halogens is 1. The average Bonchev–Trinajstić information content (AvgIpc) is 2.77. The molecule has 6 heteroatoms. The topological polar surface area (TPSA) is 52.7 Å². The van der Waals surface area contributed by atoms with Crippen molar-refractivity contribution in [1.29, 1.82) is 0 Å². The van der Waals surface area contributed by atoms with E-state index in [9.17, 15) is 4.79 Å². The number of benzene rings is 1. The van der Waals surface area contributed by atoms with E-state index in [1.165, 1.54) is 6.20 Å². The Morgan fingerprint density at radius 2 is 2.05 bits per heavy atom. The molecule has 0 spiro atoms. The van der Waals surface area contributed by atoms with Gasteiger partial charge in [-0.05, 0) is 34.5 Å². The number of rotatable bonds is 3. The predicted octanol–water partition coefficient (Wildman–Crippen LogP) is 2.50. The Morgan fingerprint density at radius 3 is 2.76 bits per heavy atom. The first-order valence-electron chi connectivity index (χ1n) is 6.77. The van der Waals surface area contributed by atoms with Crippen molar-refractivity contribution >= 4 is 26.8 Å². The number of aryl methyl sites for hydroxylation is 2. The molecule has 0 aliphatic heterocycles.